The van der Waals surface area contributed by atoms with Gasteiger partial charge in [0.1, 0.15) is 18.2 Å². The molecule has 2 aromatic rings. The van der Waals surface area contributed by atoms with Crippen LogP contribution in [0.5, 0.6) is 0 Å². The lowest BCUT2D eigenvalue weighted by molar-refractivity contribution is -0.140. The quantitative estimate of drug-likeness (QED) is 0.874. The molecule has 3 rings (SSSR count). The summed E-state index contributed by atoms with van der Waals surface area (Å²) in [5.74, 6) is -2.50. The monoisotopic (exact) mass is 320 g/mol. The van der Waals surface area contributed by atoms with Gasteiger partial charge in [0, 0.05) is 17.5 Å². The van der Waals surface area contributed by atoms with Gasteiger partial charge in [-0.15, -0.1) is 0 Å². The van der Waals surface area contributed by atoms with Crippen molar-refractivity contribution in [3.63, 3.8) is 0 Å². The highest BCUT2D eigenvalue weighted by atomic mass is 19.2. The fourth-order valence-corrected chi connectivity index (χ4v) is 2.64. The molecule has 120 valence electrons. The van der Waals surface area contributed by atoms with Crippen LogP contribution in [0.2, 0.25) is 0 Å². The zero-order valence-corrected chi connectivity index (χ0v) is 12.5. The number of imide groups is 1. The number of fused-ring (bicyclic) bond motifs is 1. The van der Waals surface area contributed by atoms with Crippen molar-refractivity contribution in [2.75, 3.05) is 5.32 Å². The molecule has 1 aromatic heterocycles. The van der Waals surface area contributed by atoms with E-state index >= 15 is 0 Å². The van der Waals surface area contributed by atoms with Crippen molar-refractivity contribution in [2.45, 2.75) is 32.4 Å². The number of anilines is 1. The standard InChI is InChI=1S/C15H14F2N4O2/c1-7(2)21-13(22)5-12(15(21)23)20-14-8-3-9(16)10(17)4-11(8)18-6-19-14/h3-4,6-7,12H,5H2,1-2H3,(H,18,19,20)/t12-/m1/s1. The molecule has 1 saturated heterocycles. The lowest BCUT2D eigenvalue weighted by Crippen LogP contribution is -2.39. The van der Waals surface area contributed by atoms with Crippen molar-refractivity contribution in [1.29, 1.82) is 0 Å². The molecule has 2 amide bonds. The van der Waals surface area contributed by atoms with Crippen molar-refractivity contribution in [2.24, 2.45) is 0 Å². The van der Waals surface area contributed by atoms with E-state index in [1.54, 1.807) is 13.8 Å². The van der Waals surface area contributed by atoms with Crippen molar-refractivity contribution in [3.8, 4) is 0 Å². The van der Waals surface area contributed by atoms with E-state index in [0.29, 0.717) is 0 Å². The number of benzene rings is 1. The number of nitrogens with zero attached hydrogens (tertiary/aromatic N) is 3. The van der Waals surface area contributed by atoms with E-state index in [1.165, 1.54) is 11.2 Å². The lowest BCUT2D eigenvalue weighted by atomic mass is 10.2. The molecule has 0 saturated carbocycles. The second-order valence-electron chi connectivity index (χ2n) is 5.60. The number of aromatic nitrogens is 2. The Hall–Kier alpha value is -2.64. The molecule has 0 unspecified atom stereocenters. The molecule has 1 atom stereocenters. The van der Waals surface area contributed by atoms with Gasteiger partial charge in [-0.1, -0.05) is 0 Å². The predicted molar refractivity (Wildman–Crippen MR) is 78.5 cm³/mol. The van der Waals surface area contributed by atoms with Crippen LogP contribution in [-0.2, 0) is 9.59 Å². The smallest absolute Gasteiger partial charge is 0.252 e. The number of hydrogen-bond acceptors (Lipinski definition) is 5. The Labute approximate surface area is 130 Å². The Kier molecular flexibility index (Phi) is 3.67. The molecule has 1 N–H and O–H groups in total. The highest BCUT2D eigenvalue weighted by Crippen LogP contribution is 2.25. The van der Waals surface area contributed by atoms with Crippen LogP contribution < -0.4 is 5.32 Å². The Balaban J connectivity index is 1.95. The van der Waals surface area contributed by atoms with Crippen LogP contribution in [0.4, 0.5) is 14.6 Å². The van der Waals surface area contributed by atoms with Crippen LogP contribution in [0.25, 0.3) is 10.9 Å². The normalized spacial score (nSPS) is 18.3. The third kappa shape index (κ3) is 2.60. The van der Waals surface area contributed by atoms with Crippen LogP contribution in [0, 0.1) is 11.6 Å². The third-order valence-corrected chi connectivity index (χ3v) is 3.69. The van der Waals surface area contributed by atoms with Gasteiger partial charge in [0.2, 0.25) is 5.91 Å². The maximum Gasteiger partial charge on any atom is 0.252 e. The maximum absolute atomic E-state index is 13.5. The summed E-state index contributed by atoms with van der Waals surface area (Å²) in [6, 6.07) is 0.903. The minimum atomic E-state index is -1.03. The third-order valence-electron chi connectivity index (χ3n) is 3.69. The molecule has 0 radical (unpaired) electrons. The highest BCUT2D eigenvalue weighted by Gasteiger charge is 2.40. The Morgan fingerprint density at radius 3 is 2.57 bits per heavy atom. The Bertz CT molecular complexity index is 809. The summed E-state index contributed by atoms with van der Waals surface area (Å²) in [5, 5.41) is 3.09. The Morgan fingerprint density at radius 2 is 1.91 bits per heavy atom. The van der Waals surface area contributed by atoms with Crippen molar-refractivity contribution >= 4 is 28.5 Å². The second kappa shape index (κ2) is 5.53. The molecule has 0 spiro atoms. The predicted octanol–water partition coefficient (Wildman–Crippen LogP) is 1.86. The first-order valence-corrected chi connectivity index (χ1v) is 7.10. The van der Waals surface area contributed by atoms with E-state index < -0.39 is 17.7 Å². The number of carbonyl (C=O) groups is 2. The number of carbonyl (C=O) groups excluding carboxylic acids is 2. The summed E-state index contributed by atoms with van der Waals surface area (Å²) in [4.78, 5) is 33.2. The van der Waals surface area contributed by atoms with Crippen LogP contribution in [0.1, 0.15) is 20.3 Å². The summed E-state index contributed by atoms with van der Waals surface area (Å²) < 4.78 is 26.7. The number of halogens is 2. The molecule has 1 aliphatic rings. The Morgan fingerprint density at radius 1 is 1.22 bits per heavy atom. The molecular weight excluding hydrogens is 306 g/mol. The lowest BCUT2D eigenvalue weighted by Gasteiger charge is -2.19. The maximum atomic E-state index is 13.5. The van der Waals surface area contributed by atoms with Gasteiger partial charge in [0.05, 0.1) is 11.9 Å². The summed E-state index contributed by atoms with van der Waals surface area (Å²) in [7, 11) is 0. The van der Waals surface area contributed by atoms with Crippen LogP contribution in [-0.4, -0.2) is 38.8 Å². The zero-order valence-electron chi connectivity index (χ0n) is 12.5. The number of nitrogens with one attached hydrogen (secondary N) is 1. The van der Waals surface area contributed by atoms with Gasteiger partial charge < -0.3 is 5.32 Å². The molecule has 23 heavy (non-hydrogen) atoms. The molecule has 1 fully saturated rings. The number of likely N-dealkylation sites (tertiary alicyclic amines) is 1. The fourth-order valence-electron chi connectivity index (χ4n) is 2.64. The molecular formula is C15H14F2N4O2. The molecule has 6 nitrogen and oxygen atoms in total. The van der Waals surface area contributed by atoms with Crippen molar-refractivity contribution in [3.05, 3.63) is 30.1 Å². The van der Waals surface area contributed by atoms with Crippen molar-refractivity contribution < 1.29 is 18.4 Å². The minimum Gasteiger partial charge on any atom is -0.357 e. The van der Waals surface area contributed by atoms with E-state index in [1.807, 2.05) is 0 Å². The van der Waals surface area contributed by atoms with Gasteiger partial charge in [-0.05, 0) is 19.9 Å². The van der Waals surface area contributed by atoms with Gasteiger partial charge in [-0.3, -0.25) is 14.5 Å². The topological polar surface area (TPSA) is 75.2 Å². The van der Waals surface area contributed by atoms with Crippen LogP contribution in [0.3, 0.4) is 0 Å². The van der Waals surface area contributed by atoms with E-state index in [-0.39, 0.29) is 41.0 Å². The van der Waals surface area contributed by atoms with E-state index in [4.69, 9.17) is 0 Å². The fraction of sp³-hybridized carbons (Fsp3) is 0.333. The molecule has 1 aromatic carbocycles. The average molecular weight is 320 g/mol. The minimum absolute atomic E-state index is 0.00775. The first-order valence-electron chi connectivity index (χ1n) is 7.10. The average Bonchev–Trinajstić information content (AvgIpc) is 2.75. The van der Waals surface area contributed by atoms with Gasteiger partial charge in [-0.25, -0.2) is 18.7 Å². The molecule has 8 heteroatoms. The van der Waals surface area contributed by atoms with Gasteiger partial charge in [0.25, 0.3) is 5.91 Å². The molecule has 0 bridgehead atoms. The molecule has 0 aliphatic carbocycles. The highest BCUT2D eigenvalue weighted by molar-refractivity contribution is 6.07. The number of hydrogen-bond donors (Lipinski definition) is 1. The second-order valence-corrected chi connectivity index (χ2v) is 5.60. The van der Waals surface area contributed by atoms with Crippen molar-refractivity contribution in [1.82, 2.24) is 14.9 Å². The SMILES string of the molecule is CC(C)N1C(=O)C[C@@H](Nc2ncnc3cc(F)c(F)cc23)C1=O. The van der Waals surface area contributed by atoms with Gasteiger partial charge >= 0.3 is 0 Å². The molecule has 1 aliphatic heterocycles. The summed E-state index contributed by atoms with van der Waals surface area (Å²) in [6.45, 7) is 3.49. The number of amides is 2. The van der Waals surface area contributed by atoms with Crippen LogP contribution in [0.15, 0.2) is 18.5 Å². The van der Waals surface area contributed by atoms with E-state index in [2.05, 4.69) is 15.3 Å². The zero-order chi connectivity index (χ0) is 16.7. The van der Waals surface area contributed by atoms with E-state index in [0.717, 1.165) is 12.1 Å². The van der Waals surface area contributed by atoms with E-state index in [9.17, 15) is 18.4 Å². The van der Waals surface area contributed by atoms with Crippen LogP contribution >= 0.6 is 0 Å². The molecule has 2 heterocycles. The summed E-state index contributed by atoms with van der Waals surface area (Å²) in [6.07, 6.45) is 1.18. The largest absolute Gasteiger partial charge is 0.357 e. The summed E-state index contributed by atoms with van der Waals surface area (Å²) in [5.41, 5.74) is 0.207. The first kappa shape index (κ1) is 15.3. The van der Waals surface area contributed by atoms with Gasteiger partial charge in [0.15, 0.2) is 11.6 Å². The first-order chi connectivity index (χ1) is 10.9. The number of rotatable bonds is 3. The summed E-state index contributed by atoms with van der Waals surface area (Å²) >= 11 is 0. The van der Waals surface area contributed by atoms with Gasteiger partial charge in [-0.2, -0.15) is 0 Å².